The van der Waals surface area contributed by atoms with E-state index in [0.717, 1.165) is 19.4 Å². The lowest BCUT2D eigenvalue weighted by molar-refractivity contribution is 0.366. The Balaban J connectivity index is 1.87. The zero-order valence-corrected chi connectivity index (χ0v) is 9.90. The third-order valence-electron chi connectivity index (χ3n) is 3.17. The highest BCUT2D eigenvalue weighted by molar-refractivity contribution is 5.53. The summed E-state index contributed by atoms with van der Waals surface area (Å²) in [5, 5.41) is 7.28. The van der Waals surface area contributed by atoms with E-state index in [-0.39, 0.29) is 17.7 Å². The summed E-state index contributed by atoms with van der Waals surface area (Å²) >= 11 is 0. The summed E-state index contributed by atoms with van der Waals surface area (Å²) in [4.78, 5) is 4.28. The maximum absolute atomic E-state index is 13.6. The van der Waals surface area contributed by atoms with Gasteiger partial charge in [0.1, 0.15) is 5.82 Å². The molecule has 1 aliphatic rings. The van der Waals surface area contributed by atoms with Crippen LogP contribution in [0.2, 0.25) is 0 Å². The highest BCUT2D eigenvalue weighted by Crippen LogP contribution is 2.25. The van der Waals surface area contributed by atoms with E-state index in [1.54, 1.807) is 18.2 Å². The zero-order valence-electron chi connectivity index (χ0n) is 9.90. The molecular formula is C13H14FN3O. The van der Waals surface area contributed by atoms with Gasteiger partial charge in [-0.1, -0.05) is 23.7 Å². The Labute approximate surface area is 104 Å². The predicted molar refractivity (Wildman–Crippen MR) is 64.3 cm³/mol. The Kier molecular flexibility index (Phi) is 3.06. The van der Waals surface area contributed by atoms with Gasteiger partial charge in [-0.15, -0.1) is 0 Å². The van der Waals surface area contributed by atoms with Crippen LogP contribution in [0.1, 0.15) is 31.1 Å². The van der Waals surface area contributed by atoms with Crippen molar-refractivity contribution in [3.05, 3.63) is 35.9 Å². The summed E-state index contributed by atoms with van der Waals surface area (Å²) in [5.41, 5.74) is 0.354. The Morgan fingerprint density at radius 3 is 2.94 bits per heavy atom. The van der Waals surface area contributed by atoms with E-state index in [1.165, 1.54) is 12.5 Å². The van der Waals surface area contributed by atoms with E-state index >= 15 is 0 Å². The van der Waals surface area contributed by atoms with Gasteiger partial charge in [0.2, 0.25) is 0 Å². The van der Waals surface area contributed by atoms with E-state index in [2.05, 4.69) is 15.5 Å². The summed E-state index contributed by atoms with van der Waals surface area (Å²) in [7, 11) is 0. The topological polar surface area (TPSA) is 51.0 Å². The van der Waals surface area contributed by atoms with E-state index in [0.29, 0.717) is 11.4 Å². The number of halogens is 1. The first-order chi connectivity index (χ1) is 8.84. The summed E-state index contributed by atoms with van der Waals surface area (Å²) in [6.07, 6.45) is 3.33. The van der Waals surface area contributed by atoms with Crippen LogP contribution in [-0.4, -0.2) is 16.7 Å². The number of piperidine rings is 1. The second kappa shape index (κ2) is 4.86. The third-order valence-corrected chi connectivity index (χ3v) is 3.17. The Morgan fingerprint density at radius 2 is 2.17 bits per heavy atom. The molecule has 0 aliphatic carbocycles. The van der Waals surface area contributed by atoms with Crippen LogP contribution in [0.4, 0.5) is 4.39 Å². The number of rotatable bonds is 2. The first kappa shape index (κ1) is 11.3. The molecule has 0 bridgehead atoms. The maximum atomic E-state index is 13.6. The molecule has 94 valence electrons. The molecule has 1 aliphatic heterocycles. The van der Waals surface area contributed by atoms with Crippen LogP contribution >= 0.6 is 0 Å². The molecule has 2 aromatic rings. The highest BCUT2D eigenvalue weighted by atomic mass is 19.1. The van der Waals surface area contributed by atoms with Gasteiger partial charge >= 0.3 is 0 Å². The van der Waals surface area contributed by atoms with Crippen molar-refractivity contribution in [1.29, 1.82) is 0 Å². The first-order valence-corrected chi connectivity index (χ1v) is 6.16. The lowest BCUT2D eigenvalue weighted by atomic mass is 10.0. The molecule has 4 nitrogen and oxygen atoms in total. The Morgan fingerprint density at radius 1 is 1.28 bits per heavy atom. The monoisotopic (exact) mass is 247 g/mol. The van der Waals surface area contributed by atoms with Crippen LogP contribution in [0, 0.1) is 5.82 Å². The molecule has 1 fully saturated rings. The molecule has 0 radical (unpaired) electrons. The van der Waals surface area contributed by atoms with Crippen molar-refractivity contribution in [2.45, 2.75) is 25.3 Å². The largest absolute Gasteiger partial charge is 0.334 e. The van der Waals surface area contributed by atoms with Crippen molar-refractivity contribution in [2.24, 2.45) is 0 Å². The number of hydrogen-bond donors (Lipinski definition) is 1. The van der Waals surface area contributed by atoms with Crippen LogP contribution in [-0.2, 0) is 0 Å². The van der Waals surface area contributed by atoms with Crippen molar-refractivity contribution < 1.29 is 8.91 Å². The quantitative estimate of drug-likeness (QED) is 0.886. The highest BCUT2D eigenvalue weighted by Gasteiger charge is 2.21. The van der Waals surface area contributed by atoms with Gasteiger partial charge in [-0.05, 0) is 31.5 Å². The molecule has 0 saturated carbocycles. The molecule has 5 heteroatoms. The van der Waals surface area contributed by atoms with Gasteiger partial charge in [0.25, 0.3) is 5.89 Å². The molecule has 1 aromatic carbocycles. The van der Waals surface area contributed by atoms with Crippen LogP contribution in [0.3, 0.4) is 0 Å². The van der Waals surface area contributed by atoms with Gasteiger partial charge in [0, 0.05) is 0 Å². The fourth-order valence-corrected chi connectivity index (χ4v) is 2.19. The van der Waals surface area contributed by atoms with Crippen molar-refractivity contribution in [1.82, 2.24) is 15.5 Å². The fraction of sp³-hybridized carbons (Fsp3) is 0.385. The van der Waals surface area contributed by atoms with Crippen LogP contribution in [0.25, 0.3) is 11.5 Å². The van der Waals surface area contributed by atoms with Gasteiger partial charge in [0.05, 0.1) is 11.6 Å². The van der Waals surface area contributed by atoms with Crippen molar-refractivity contribution in [3.8, 4) is 11.5 Å². The predicted octanol–water partition coefficient (Wildman–Crippen LogP) is 2.69. The molecule has 0 unspecified atom stereocenters. The summed E-state index contributed by atoms with van der Waals surface area (Å²) in [5.74, 6) is 0.521. The van der Waals surface area contributed by atoms with E-state index in [9.17, 15) is 4.39 Å². The number of aromatic nitrogens is 2. The summed E-state index contributed by atoms with van der Waals surface area (Å²) < 4.78 is 18.7. The number of benzene rings is 1. The van der Waals surface area contributed by atoms with Gasteiger partial charge < -0.3 is 9.84 Å². The zero-order chi connectivity index (χ0) is 12.4. The second-order valence-corrected chi connectivity index (χ2v) is 4.44. The van der Waals surface area contributed by atoms with E-state index in [4.69, 9.17) is 4.52 Å². The lowest BCUT2D eigenvalue weighted by Crippen LogP contribution is -2.27. The van der Waals surface area contributed by atoms with Crippen LogP contribution < -0.4 is 5.32 Å². The van der Waals surface area contributed by atoms with Crippen molar-refractivity contribution in [3.63, 3.8) is 0 Å². The minimum Gasteiger partial charge on any atom is -0.334 e. The molecule has 18 heavy (non-hydrogen) atoms. The molecule has 0 spiro atoms. The molecule has 1 N–H and O–H groups in total. The van der Waals surface area contributed by atoms with Gasteiger partial charge in [-0.3, -0.25) is 0 Å². The molecule has 1 atom stereocenters. The molecule has 1 saturated heterocycles. The maximum Gasteiger partial charge on any atom is 0.260 e. The second-order valence-electron chi connectivity index (χ2n) is 4.44. The molecule has 1 aromatic heterocycles. The standard InChI is InChI=1S/C13H14FN3O/c14-10-6-2-1-5-9(10)13-16-12(17-18-13)11-7-3-4-8-15-11/h1-2,5-6,11,15H,3-4,7-8H2/t11-/m0/s1. The number of nitrogens with one attached hydrogen (secondary N) is 1. The van der Waals surface area contributed by atoms with E-state index < -0.39 is 0 Å². The lowest BCUT2D eigenvalue weighted by Gasteiger charge is -2.19. The molecular weight excluding hydrogens is 233 g/mol. The first-order valence-electron chi connectivity index (χ1n) is 6.16. The molecule has 3 rings (SSSR count). The van der Waals surface area contributed by atoms with Crippen LogP contribution in [0.15, 0.2) is 28.8 Å². The van der Waals surface area contributed by atoms with E-state index in [1.807, 2.05) is 0 Å². The van der Waals surface area contributed by atoms with Gasteiger partial charge in [-0.2, -0.15) is 4.98 Å². The number of nitrogens with zero attached hydrogens (tertiary/aromatic N) is 2. The van der Waals surface area contributed by atoms with Gasteiger partial charge in [-0.25, -0.2) is 4.39 Å². The minimum absolute atomic E-state index is 0.128. The Hall–Kier alpha value is -1.75. The summed E-state index contributed by atoms with van der Waals surface area (Å²) in [6.45, 7) is 0.967. The average molecular weight is 247 g/mol. The minimum atomic E-state index is -0.343. The smallest absolute Gasteiger partial charge is 0.260 e. The normalized spacial score (nSPS) is 19.9. The summed E-state index contributed by atoms with van der Waals surface area (Å²) in [6, 6.07) is 6.54. The molecule has 0 amide bonds. The molecule has 2 heterocycles. The van der Waals surface area contributed by atoms with Gasteiger partial charge in [0.15, 0.2) is 5.82 Å². The Bertz CT molecular complexity index is 535. The third kappa shape index (κ3) is 2.13. The van der Waals surface area contributed by atoms with Crippen molar-refractivity contribution >= 4 is 0 Å². The number of hydrogen-bond acceptors (Lipinski definition) is 4. The van der Waals surface area contributed by atoms with Crippen LogP contribution in [0.5, 0.6) is 0 Å². The average Bonchev–Trinajstić information content (AvgIpc) is 2.90. The SMILES string of the molecule is Fc1ccccc1-c1nc([C@@H]2CCCCN2)no1. The van der Waals surface area contributed by atoms with Crippen molar-refractivity contribution in [2.75, 3.05) is 6.54 Å². The fourth-order valence-electron chi connectivity index (χ4n) is 2.19.